The molecule has 1 nitrogen and oxygen atoms in total. The van der Waals surface area contributed by atoms with Gasteiger partial charge in [-0.1, -0.05) is 18.2 Å². The van der Waals surface area contributed by atoms with Gasteiger partial charge in [-0.05, 0) is 12.1 Å². The molecule has 0 spiro atoms. The average Bonchev–Trinajstić information content (AvgIpc) is 2.03. The quantitative estimate of drug-likeness (QED) is 0.578. The molecule has 0 amide bonds. The van der Waals surface area contributed by atoms with Crippen molar-refractivity contribution >= 4 is 35.6 Å². The fourth-order valence-corrected chi connectivity index (χ4v) is 1.74. The van der Waals surface area contributed by atoms with Crippen LogP contribution >= 0.6 is 18.1 Å². The Kier molecular flexibility index (Phi) is 3.73. The average molecular weight is 188 g/mol. The molecule has 0 bridgehead atoms. The zero-order valence-corrected chi connectivity index (χ0v) is 7.84. The molecule has 1 unspecified atom stereocenters. The zero-order valence-electron chi connectivity index (χ0n) is 5.20. The second-order valence-electron chi connectivity index (χ2n) is 1.65. The summed E-state index contributed by atoms with van der Waals surface area (Å²) in [5.74, 6) is 0. The van der Waals surface area contributed by atoms with Gasteiger partial charge in [0.25, 0.3) is 6.56 Å². The van der Waals surface area contributed by atoms with Gasteiger partial charge < -0.3 is 0 Å². The van der Waals surface area contributed by atoms with E-state index in [0.29, 0.717) is 6.56 Å². The summed E-state index contributed by atoms with van der Waals surface area (Å²) >= 11 is 6.33. The molecule has 0 heterocycles. The van der Waals surface area contributed by atoms with Gasteiger partial charge in [0.15, 0.2) is 11.8 Å². The van der Waals surface area contributed by atoms with Crippen LogP contribution in [0.3, 0.4) is 0 Å². The molecule has 0 radical (unpaired) electrons. The van der Waals surface area contributed by atoms with Crippen molar-refractivity contribution in [2.75, 3.05) is 4.72 Å². The van der Waals surface area contributed by atoms with Gasteiger partial charge in [0.1, 0.15) is 0 Å². The second-order valence-corrected chi connectivity index (χ2v) is 4.84. The SMILES string of the molecule is S=[PH+]SNc1ccccc1. The molecule has 52 valence electrons. The van der Waals surface area contributed by atoms with E-state index in [-0.39, 0.29) is 0 Å². The fraction of sp³-hybridized carbons (Fsp3) is 0. The van der Waals surface area contributed by atoms with Crippen molar-refractivity contribution in [3.05, 3.63) is 30.3 Å². The van der Waals surface area contributed by atoms with E-state index in [4.69, 9.17) is 11.8 Å². The Bertz CT molecular complexity index is 202. The number of benzene rings is 1. The highest BCUT2D eigenvalue weighted by atomic mass is 32.9. The highest BCUT2D eigenvalue weighted by molar-refractivity contribution is 8.58. The highest BCUT2D eigenvalue weighted by Gasteiger charge is 1.90. The maximum Gasteiger partial charge on any atom is 0.254 e. The van der Waals surface area contributed by atoms with Crippen LogP contribution in [0.5, 0.6) is 0 Å². The van der Waals surface area contributed by atoms with Crippen LogP contribution in [0.15, 0.2) is 30.3 Å². The maximum atomic E-state index is 4.78. The number of nitrogens with one attached hydrogen (secondary N) is 1. The lowest BCUT2D eigenvalue weighted by Gasteiger charge is -1.93. The summed E-state index contributed by atoms with van der Waals surface area (Å²) < 4.78 is 3.12. The molecule has 4 heteroatoms. The molecule has 0 aliphatic rings. The third-order valence-electron chi connectivity index (χ3n) is 0.984. The summed E-state index contributed by atoms with van der Waals surface area (Å²) in [6.07, 6.45) is 0. The summed E-state index contributed by atoms with van der Waals surface area (Å²) in [6.45, 7) is 0.472. The van der Waals surface area contributed by atoms with Crippen LogP contribution in [-0.2, 0) is 11.8 Å². The molecule has 0 saturated carbocycles. The number of rotatable bonds is 3. The van der Waals surface area contributed by atoms with Crippen molar-refractivity contribution in [2.45, 2.75) is 0 Å². The van der Waals surface area contributed by atoms with Gasteiger partial charge >= 0.3 is 0 Å². The number of hydrogen-bond acceptors (Lipinski definition) is 3. The zero-order chi connectivity index (χ0) is 7.23. The van der Waals surface area contributed by atoms with Gasteiger partial charge in [0.05, 0.1) is 0 Å². The summed E-state index contributed by atoms with van der Waals surface area (Å²) in [4.78, 5) is 0. The van der Waals surface area contributed by atoms with Gasteiger partial charge in [-0.2, -0.15) is 0 Å². The second kappa shape index (κ2) is 4.67. The van der Waals surface area contributed by atoms with Crippen LogP contribution in [0.4, 0.5) is 5.69 Å². The van der Waals surface area contributed by atoms with Crippen LogP contribution in [0.1, 0.15) is 0 Å². The standard InChI is InChI=1S/C6H6NPS2/c9-8-10-7-6-4-2-1-3-5-6/h1-5,7H/p+1. The van der Waals surface area contributed by atoms with Crippen LogP contribution in [-0.4, -0.2) is 0 Å². The van der Waals surface area contributed by atoms with Crippen molar-refractivity contribution in [1.29, 1.82) is 0 Å². The molecule has 0 saturated heterocycles. The molecule has 0 fully saturated rings. The van der Waals surface area contributed by atoms with Crippen molar-refractivity contribution < 1.29 is 0 Å². The van der Waals surface area contributed by atoms with Crippen molar-refractivity contribution in [3.63, 3.8) is 0 Å². The lowest BCUT2D eigenvalue weighted by molar-refractivity contribution is 1.69. The molecule has 1 aromatic carbocycles. The van der Waals surface area contributed by atoms with E-state index in [0.717, 1.165) is 5.69 Å². The van der Waals surface area contributed by atoms with Gasteiger partial charge in [-0.25, -0.2) is 0 Å². The molecule has 0 aromatic heterocycles. The maximum absolute atomic E-state index is 4.78. The summed E-state index contributed by atoms with van der Waals surface area (Å²) in [5, 5.41) is 0. The Morgan fingerprint density at radius 1 is 1.30 bits per heavy atom. The molecule has 1 atom stereocenters. The van der Waals surface area contributed by atoms with E-state index in [1.807, 2.05) is 30.3 Å². The number of anilines is 1. The van der Waals surface area contributed by atoms with Crippen LogP contribution in [0.2, 0.25) is 0 Å². The molecule has 1 rings (SSSR count). The Labute approximate surface area is 70.9 Å². The van der Waals surface area contributed by atoms with E-state index >= 15 is 0 Å². The number of para-hydroxylation sites is 1. The molecular weight excluding hydrogens is 181 g/mol. The number of hydrogen-bond donors (Lipinski definition) is 1. The van der Waals surface area contributed by atoms with Crippen LogP contribution in [0, 0.1) is 0 Å². The van der Waals surface area contributed by atoms with Crippen LogP contribution < -0.4 is 4.72 Å². The monoisotopic (exact) mass is 188 g/mol. The predicted octanol–water partition coefficient (Wildman–Crippen LogP) is 2.80. The smallest absolute Gasteiger partial charge is 0.254 e. The molecule has 1 N–H and O–H groups in total. The Morgan fingerprint density at radius 2 is 2.00 bits per heavy atom. The van der Waals surface area contributed by atoms with E-state index in [1.54, 1.807) is 11.6 Å². The molecule has 10 heavy (non-hydrogen) atoms. The first-order valence-electron chi connectivity index (χ1n) is 2.77. The first-order chi connectivity index (χ1) is 4.93. The fourth-order valence-electron chi connectivity index (χ4n) is 0.586. The van der Waals surface area contributed by atoms with Gasteiger partial charge in [-0.15, -0.1) is 0 Å². The third kappa shape index (κ3) is 2.65. The summed E-state index contributed by atoms with van der Waals surface area (Å²) in [7, 11) is 0. The lowest BCUT2D eigenvalue weighted by Crippen LogP contribution is -1.78. The minimum absolute atomic E-state index is 0.472. The molecule has 0 aliphatic carbocycles. The van der Waals surface area contributed by atoms with E-state index in [1.165, 1.54) is 0 Å². The topological polar surface area (TPSA) is 12.0 Å². The van der Waals surface area contributed by atoms with E-state index < -0.39 is 0 Å². The van der Waals surface area contributed by atoms with Gasteiger partial charge in [0.2, 0.25) is 11.6 Å². The van der Waals surface area contributed by atoms with Crippen molar-refractivity contribution in [2.24, 2.45) is 0 Å². The van der Waals surface area contributed by atoms with Crippen molar-refractivity contribution in [3.8, 4) is 0 Å². The largest absolute Gasteiger partial charge is 0.290 e. The minimum atomic E-state index is 0.472. The Hall–Kier alpha value is -0.110. The lowest BCUT2D eigenvalue weighted by atomic mass is 10.3. The van der Waals surface area contributed by atoms with Gasteiger partial charge in [-0.3, -0.25) is 4.72 Å². The third-order valence-corrected chi connectivity index (χ3v) is 2.71. The summed E-state index contributed by atoms with van der Waals surface area (Å²) in [5.41, 5.74) is 1.12. The Balaban J connectivity index is 2.50. The van der Waals surface area contributed by atoms with Gasteiger partial charge in [0, 0.05) is 5.69 Å². The summed E-state index contributed by atoms with van der Waals surface area (Å²) in [6, 6.07) is 10.0. The highest BCUT2D eigenvalue weighted by Crippen LogP contribution is 2.20. The van der Waals surface area contributed by atoms with E-state index in [9.17, 15) is 0 Å². The van der Waals surface area contributed by atoms with Crippen molar-refractivity contribution in [1.82, 2.24) is 0 Å². The normalized spacial score (nSPS) is 9.60. The molecular formula is C6H7NPS2+. The first kappa shape index (κ1) is 7.99. The molecule has 0 aliphatic heterocycles. The molecule has 1 aromatic rings. The first-order valence-corrected chi connectivity index (χ1v) is 6.45. The Morgan fingerprint density at radius 3 is 2.60 bits per heavy atom. The van der Waals surface area contributed by atoms with Crippen LogP contribution in [0.25, 0.3) is 0 Å². The predicted molar refractivity (Wildman–Crippen MR) is 53.3 cm³/mol. The minimum Gasteiger partial charge on any atom is -0.290 e. The van der Waals surface area contributed by atoms with E-state index in [2.05, 4.69) is 4.72 Å².